The Bertz CT molecular complexity index is 629. The minimum atomic E-state index is 0.276. The molecular formula is C15H24N6. The molecule has 114 valence electrons. The van der Waals surface area contributed by atoms with Gasteiger partial charge in [-0.25, -0.2) is 9.97 Å². The fourth-order valence-electron chi connectivity index (χ4n) is 2.18. The molecule has 0 saturated heterocycles. The van der Waals surface area contributed by atoms with E-state index < -0.39 is 0 Å². The summed E-state index contributed by atoms with van der Waals surface area (Å²) in [4.78, 5) is 9.22. The van der Waals surface area contributed by atoms with Crippen LogP contribution in [0.4, 0.5) is 17.3 Å². The average molecular weight is 288 g/mol. The molecule has 0 atom stereocenters. The molecule has 21 heavy (non-hydrogen) atoms. The Morgan fingerprint density at radius 3 is 2.48 bits per heavy atom. The maximum Gasteiger partial charge on any atom is 0.139 e. The fourth-order valence-corrected chi connectivity index (χ4v) is 2.18. The van der Waals surface area contributed by atoms with Crippen molar-refractivity contribution < 1.29 is 0 Å². The number of nitrogens with zero attached hydrogens (tertiary/aromatic N) is 4. The first-order valence-electron chi connectivity index (χ1n) is 7.32. The SMILES string of the molecule is CCc1nn(C)cc1Nc1nc(C(C)C)nc(NC)c1C. The lowest BCUT2D eigenvalue weighted by molar-refractivity contribution is 0.746. The van der Waals surface area contributed by atoms with E-state index in [4.69, 9.17) is 0 Å². The van der Waals surface area contributed by atoms with Crippen molar-refractivity contribution in [3.63, 3.8) is 0 Å². The summed E-state index contributed by atoms with van der Waals surface area (Å²) in [6, 6.07) is 0. The standard InChI is InChI=1S/C15H24N6/c1-7-11-12(8-21(6)20-11)17-15-10(4)14(16-5)18-13(19-15)9(2)3/h8-9H,7H2,1-6H3,(H2,16,17,18,19). The highest BCUT2D eigenvalue weighted by Crippen LogP contribution is 2.27. The van der Waals surface area contributed by atoms with Crippen LogP contribution in [0.3, 0.4) is 0 Å². The van der Waals surface area contributed by atoms with Gasteiger partial charge in [0.05, 0.1) is 11.4 Å². The van der Waals surface area contributed by atoms with Gasteiger partial charge in [-0.2, -0.15) is 5.10 Å². The van der Waals surface area contributed by atoms with Crippen LogP contribution in [0.1, 0.15) is 43.8 Å². The lowest BCUT2D eigenvalue weighted by Gasteiger charge is -2.15. The zero-order valence-corrected chi connectivity index (χ0v) is 13.7. The molecule has 0 bridgehead atoms. The zero-order chi connectivity index (χ0) is 15.6. The van der Waals surface area contributed by atoms with E-state index in [2.05, 4.69) is 46.5 Å². The first kappa shape index (κ1) is 15.3. The van der Waals surface area contributed by atoms with Gasteiger partial charge in [-0.15, -0.1) is 0 Å². The van der Waals surface area contributed by atoms with Crippen molar-refractivity contribution in [1.82, 2.24) is 19.7 Å². The number of aryl methyl sites for hydroxylation is 2. The second-order valence-corrected chi connectivity index (χ2v) is 5.45. The molecule has 0 amide bonds. The Labute approximate surface area is 126 Å². The maximum absolute atomic E-state index is 4.66. The van der Waals surface area contributed by atoms with Gasteiger partial charge in [0.15, 0.2) is 0 Å². The minimum absolute atomic E-state index is 0.276. The summed E-state index contributed by atoms with van der Waals surface area (Å²) >= 11 is 0. The number of aromatic nitrogens is 4. The second kappa shape index (κ2) is 6.11. The van der Waals surface area contributed by atoms with E-state index in [1.54, 1.807) is 0 Å². The van der Waals surface area contributed by atoms with Gasteiger partial charge in [-0.05, 0) is 13.3 Å². The summed E-state index contributed by atoms with van der Waals surface area (Å²) < 4.78 is 1.82. The molecule has 0 aliphatic heterocycles. The maximum atomic E-state index is 4.66. The van der Waals surface area contributed by atoms with Gasteiger partial charge in [-0.1, -0.05) is 20.8 Å². The van der Waals surface area contributed by atoms with Crippen molar-refractivity contribution >= 4 is 17.3 Å². The predicted octanol–water partition coefficient (Wildman–Crippen LogP) is 2.99. The first-order valence-corrected chi connectivity index (χ1v) is 7.32. The molecule has 2 aromatic rings. The average Bonchev–Trinajstić information content (AvgIpc) is 2.80. The van der Waals surface area contributed by atoms with Crippen molar-refractivity contribution in [1.29, 1.82) is 0 Å². The number of hydrogen-bond acceptors (Lipinski definition) is 5. The van der Waals surface area contributed by atoms with E-state index in [1.165, 1.54) is 0 Å². The third kappa shape index (κ3) is 3.15. The molecule has 6 nitrogen and oxygen atoms in total. The zero-order valence-electron chi connectivity index (χ0n) is 13.7. The second-order valence-electron chi connectivity index (χ2n) is 5.45. The molecular weight excluding hydrogens is 264 g/mol. The van der Waals surface area contributed by atoms with Gasteiger partial charge in [0.2, 0.25) is 0 Å². The summed E-state index contributed by atoms with van der Waals surface area (Å²) in [6.07, 6.45) is 2.86. The highest BCUT2D eigenvalue weighted by Gasteiger charge is 2.14. The van der Waals surface area contributed by atoms with Crippen molar-refractivity contribution in [2.45, 2.75) is 40.0 Å². The molecule has 0 aliphatic rings. The highest BCUT2D eigenvalue weighted by atomic mass is 15.3. The van der Waals surface area contributed by atoms with Gasteiger partial charge in [0.1, 0.15) is 17.5 Å². The highest BCUT2D eigenvalue weighted by molar-refractivity contribution is 5.65. The fraction of sp³-hybridized carbons (Fsp3) is 0.533. The Morgan fingerprint density at radius 2 is 1.90 bits per heavy atom. The van der Waals surface area contributed by atoms with Crippen LogP contribution in [0, 0.1) is 6.92 Å². The van der Waals surface area contributed by atoms with Crippen LogP contribution >= 0.6 is 0 Å². The Morgan fingerprint density at radius 1 is 1.24 bits per heavy atom. The normalized spacial score (nSPS) is 11.0. The quantitative estimate of drug-likeness (QED) is 0.885. The molecule has 2 rings (SSSR count). The molecule has 0 spiro atoms. The molecule has 0 unspecified atom stereocenters. The number of anilines is 3. The topological polar surface area (TPSA) is 67.7 Å². The molecule has 0 saturated carbocycles. The molecule has 0 aromatic carbocycles. The van der Waals surface area contributed by atoms with E-state index in [-0.39, 0.29) is 5.92 Å². The van der Waals surface area contributed by atoms with E-state index >= 15 is 0 Å². The van der Waals surface area contributed by atoms with E-state index in [0.29, 0.717) is 0 Å². The summed E-state index contributed by atoms with van der Waals surface area (Å²) in [6.45, 7) is 8.30. The van der Waals surface area contributed by atoms with Crippen molar-refractivity contribution in [2.75, 3.05) is 17.7 Å². The first-order chi connectivity index (χ1) is 9.96. The van der Waals surface area contributed by atoms with Gasteiger partial charge >= 0.3 is 0 Å². The van der Waals surface area contributed by atoms with Crippen LogP contribution in [0.15, 0.2) is 6.20 Å². The number of rotatable bonds is 5. The molecule has 2 N–H and O–H groups in total. The Kier molecular flexibility index (Phi) is 4.45. The van der Waals surface area contributed by atoms with Crippen LogP contribution in [-0.2, 0) is 13.5 Å². The monoisotopic (exact) mass is 288 g/mol. The predicted molar refractivity (Wildman–Crippen MR) is 86.3 cm³/mol. The molecule has 6 heteroatoms. The van der Waals surface area contributed by atoms with Gasteiger partial charge in [-0.3, -0.25) is 4.68 Å². The molecule has 0 radical (unpaired) electrons. The van der Waals surface area contributed by atoms with Crippen LogP contribution in [0.2, 0.25) is 0 Å². The summed E-state index contributed by atoms with van der Waals surface area (Å²) in [7, 11) is 3.81. The summed E-state index contributed by atoms with van der Waals surface area (Å²) in [5, 5.41) is 11.0. The van der Waals surface area contributed by atoms with Gasteiger partial charge in [0.25, 0.3) is 0 Å². The van der Waals surface area contributed by atoms with Crippen LogP contribution in [0.25, 0.3) is 0 Å². The number of nitrogens with one attached hydrogen (secondary N) is 2. The lowest BCUT2D eigenvalue weighted by atomic mass is 10.2. The summed E-state index contributed by atoms with van der Waals surface area (Å²) in [5.74, 6) is 2.80. The summed E-state index contributed by atoms with van der Waals surface area (Å²) in [5.41, 5.74) is 3.04. The van der Waals surface area contributed by atoms with Crippen molar-refractivity contribution in [2.24, 2.45) is 7.05 Å². The largest absolute Gasteiger partial charge is 0.373 e. The molecule has 2 aromatic heterocycles. The minimum Gasteiger partial charge on any atom is -0.373 e. The smallest absolute Gasteiger partial charge is 0.139 e. The number of hydrogen-bond donors (Lipinski definition) is 2. The third-order valence-corrected chi connectivity index (χ3v) is 3.41. The van der Waals surface area contributed by atoms with Crippen molar-refractivity contribution in [3.8, 4) is 0 Å². The van der Waals surface area contributed by atoms with Gasteiger partial charge in [0, 0.05) is 31.8 Å². The van der Waals surface area contributed by atoms with E-state index in [1.807, 2.05) is 31.9 Å². The molecule has 0 aliphatic carbocycles. The van der Waals surface area contributed by atoms with Crippen LogP contribution in [0.5, 0.6) is 0 Å². The van der Waals surface area contributed by atoms with E-state index in [0.717, 1.165) is 40.8 Å². The third-order valence-electron chi connectivity index (χ3n) is 3.41. The van der Waals surface area contributed by atoms with E-state index in [9.17, 15) is 0 Å². The molecule has 2 heterocycles. The Balaban J connectivity index is 2.45. The Hall–Kier alpha value is -2.11. The molecule has 0 fully saturated rings. The van der Waals surface area contributed by atoms with Crippen molar-refractivity contribution in [3.05, 3.63) is 23.3 Å². The van der Waals surface area contributed by atoms with Crippen LogP contribution in [-0.4, -0.2) is 26.8 Å². The lowest BCUT2D eigenvalue weighted by Crippen LogP contribution is -2.08. The van der Waals surface area contributed by atoms with Gasteiger partial charge < -0.3 is 10.6 Å². The van der Waals surface area contributed by atoms with Crippen LogP contribution < -0.4 is 10.6 Å².